The van der Waals surface area contributed by atoms with Gasteiger partial charge in [0.1, 0.15) is 24.6 Å². The van der Waals surface area contributed by atoms with Crippen molar-refractivity contribution in [2.24, 2.45) is 30.7 Å². The molecule has 22 nitrogen and oxygen atoms in total. The predicted octanol–water partition coefficient (Wildman–Crippen LogP) is 6.80. The molecule has 2 unspecified atom stereocenters. The average molecular weight is 832 g/mol. The van der Waals surface area contributed by atoms with Gasteiger partial charge in [-0.25, -0.2) is 9.59 Å². The number of nitrogens with one attached hydrogen (secondary N) is 1. The number of benzene rings is 5. The molecule has 0 radical (unpaired) electrons. The van der Waals surface area contributed by atoms with E-state index in [0.717, 1.165) is 30.3 Å². The molecule has 1 amide bonds. The van der Waals surface area contributed by atoms with Gasteiger partial charge in [0, 0.05) is 22.0 Å². The topological polar surface area (TPSA) is 357 Å². The fourth-order valence-electron chi connectivity index (χ4n) is 5.03. The number of carboxylic acids is 2. The number of nitro groups is 1. The standard InChI is InChI=1S/C34H27N9O13S2/c1-16-10-20(7-8-22(16)39-37-18-4-2-17(3-5-18)34(48)49)38-41-24-13-26(57(52)53)21-12-27(58(54)55)32(33(47)30(21)31(24)35)42-40-23-9-6-19(11-25(23)43(50)51)36-28(44)14-56-15-29(45)46/h2-13,47H,14-15,35H2,1H3,(H,36,44)(H,45,46)(H,48,49)(H,52,53)(H,54,55)/p-2. The molecular weight excluding hydrogens is 807 g/mol. The number of carboxylic acid groups (broad SMARTS) is 2. The monoisotopic (exact) mass is 831 g/mol. The third-order valence-electron chi connectivity index (χ3n) is 7.69. The fourth-order valence-corrected chi connectivity index (χ4v) is 6.08. The number of nitrogens with two attached hydrogens (primary N) is 1. The van der Waals surface area contributed by atoms with Crippen molar-refractivity contribution in [3.63, 3.8) is 0 Å². The lowest BCUT2D eigenvalue weighted by molar-refractivity contribution is -0.384. The molecular formula is C34H25N9O13S2-2. The van der Waals surface area contributed by atoms with Crippen LogP contribution in [-0.4, -0.2) is 68.8 Å². The number of phenols is 1. The molecule has 0 aromatic heterocycles. The molecule has 5 rings (SSSR count). The normalized spacial score (nSPS) is 12.7. The average Bonchev–Trinajstić information content (AvgIpc) is 3.16. The van der Waals surface area contributed by atoms with Crippen molar-refractivity contribution in [1.29, 1.82) is 0 Å². The van der Waals surface area contributed by atoms with Crippen LogP contribution in [0.1, 0.15) is 15.9 Å². The first-order valence-electron chi connectivity index (χ1n) is 15.9. The Hall–Kier alpha value is -7.25. The van der Waals surface area contributed by atoms with Crippen LogP contribution in [0.2, 0.25) is 0 Å². The second-order valence-electron chi connectivity index (χ2n) is 11.6. The highest BCUT2D eigenvalue weighted by Gasteiger charge is 2.22. The van der Waals surface area contributed by atoms with E-state index < -0.39 is 96.1 Å². The summed E-state index contributed by atoms with van der Waals surface area (Å²) in [5.41, 5.74) is 5.36. The van der Waals surface area contributed by atoms with E-state index in [2.05, 4.69) is 40.7 Å². The third-order valence-corrected chi connectivity index (χ3v) is 9.06. The quantitative estimate of drug-likeness (QED) is 0.0238. The number of aromatic carboxylic acids is 1. The largest absolute Gasteiger partial charge is 0.768 e. The van der Waals surface area contributed by atoms with Crippen LogP contribution < -0.4 is 11.1 Å². The molecule has 58 heavy (non-hydrogen) atoms. The molecule has 0 saturated carbocycles. The summed E-state index contributed by atoms with van der Waals surface area (Å²) in [4.78, 5) is 43.4. The highest BCUT2D eigenvalue weighted by Crippen LogP contribution is 2.48. The molecule has 24 heteroatoms. The van der Waals surface area contributed by atoms with Gasteiger partial charge in [0.25, 0.3) is 5.69 Å². The first kappa shape index (κ1) is 41.9. The number of rotatable bonds is 15. The minimum absolute atomic E-state index is 0.0819. The minimum Gasteiger partial charge on any atom is -0.768 e. The Morgan fingerprint density at radius 2 is 1.41 bits per heavy atom. The van der Waals surface area contributed by atoms with Gasteiger partial charge in [-0.05, 0) is 101 Å². The smallest absolute Gasteiger partial charge is 0.335 e. The van der Waals surface area contributed by atoms with Gasteiger partial charge in [0.05, 0.1) is 43.5 Å². The number of aliphatic carboxylic acids is 1. The Balaban J connectivity index is 1.49. The zero-order valence-electron chi connectivity index (χ0n) is 29.3. The number of nitrogens with zero attached hydrogens (tertiary/aromatic N) is 7. The summed E-state index contributed by atoms with van der Waals surface area (Å²) in [6.45, 7) is 0.252. The van der Waals surface area contributed by atoms with E-state index in [9.17, 15) is 47.1 Å². The predicted molar refractivity (Wildman–Crippen MR) is 202 cm³/mol. The highest BCUT2D eigenvalue weighted by atomic mass is 32.2. The van der Waals surface area contributed by atoms with Crippen molar-refractivity contribution in [3.05, 3.63) is 94.0 Å². The van der Waals surface area contributed by atoms with E-state index >= 15 is 0 Å². The molecule has 0 heterocycles. The summed E-state index contributed by atoms with van der Waals surface area (Å²) in [6, 6.07) is 15.3. The van der Waals surface area contributed by atoms with Gasteiger partial charge in [-0.1, -0.05) is 0 Å². The molecule has 6 N–H and O–H groups in total. The van der Waals surface area contributed by atoms with E-state index in [1.54, 1.807) is 19.1 Å². The van der Waals surface area contributed by atoms with Crippen LogP contribution >= 0.6 is 0 Å². The SMILES string of the molecule is Cc1cc(N=Nc2cc(S(=O)[O-])c3cc(S(=O)[O-])c(N=Nc4ccc(NC(=O)COCC(=O)O)cc4[N+](=O)[O-])c(O)c3c2N)ccc1N=Nc1ccc(C(=O)O)cc1. The second-order valence-corrected chi connectivity index (χ2v) is 13.4. The number of carbonyl (C=O) groups is 3. The maximum atomic E-state index is 12.4. The van der Waals surface area contributed by atoms with Gasteiger partial charge in [0.2, 0.25) is 5.91 Å². The number of nitro benzene ring substituents is 1. The van der Waals surface area contributed by atoms with Crippen LogP contribution in [0.25, 0.3) is 10.8 Å². The molecule has 0 aliphatic carbocycles. The lowest BCUT2D eigenvalue weighted by Gasteiger charge is -2.18. The summed E-state index contributed by atoms with van der Waals surface area (Å²) in [6.07, 6.45) is 0. The van der Waals surface area contributed by atoms with E-state index in [-0.39, 0.29) is 33.7 Å². The van der Waals surface area contributed by atoms with Crippen molar-refractivity contribution in [1.82, 2.24) is 0 Å². The molecule has 0 aliphatic rings. The summed E-state index contributed by atoms with van der Waals surface area (Å²) in [5.74, 6) is -4.22. The number of carbonyl (C=O) groups excluding carboxylic acids is 1. The lowest BCUT2D eigenvalue weighted by atomic mass is 10.0. The number of anilines is 2. The van der Waals surface area contributed by atoms with Crippen molar-refractivity contribution < 1.29 is 56.9 Å². The zero-order chi connectivity index (χ0) is 42.3. The minimum atomic E-state index is -3.19. The highest BCUT2D eigenvalue weighted by molar-refractivity contribution is 7.79. The van der Waals surface area contributed by atoms with Gasteiger partial charge in [-0.2, -0.15) is 15.3 Å². The van der Waals surface area contributed by atoms with E-state index in [4.69, 9.17) is 15.9 Å². The van der Waals surface area contributed by atoms with Gasteiger partial charge >= 0.3 is 11.9 Å². The fraction of sp³-hybridized carbons (Fsp3) is 0.0882. The Bertz CT molecular complexity index is 2640. The molecule has 0 fully saturated rings. The second kappa shape index (κ2) is 18.1. The number of aromatic hydroxyl groups is 1. The number of ether oxygens (including phenoxy) is 1. The van der Waals surface area contributed by atoms with Crippen LogP contribution in [0.15, 0.2) is 113 Å². The maximum absolute atomic E-state index is 12.4. The number of phenolic OH excluding ortho intramolecular Hbond substituents is 1. The van der Waals surface area contributed by atoms with Crippen molar-refractivity contribution in [2.75, 3.05) is 24.3 Å². The van der Waals surface area contributed by atoms with Crippen molar-refractivity contribution in [3.8, 4) is 5.75 Å². The number of fused-ring (bicyclic) bond motifs is 1. The van der Waals surface area contributed by atoms with Crippen LogP contribution in [0, 0.1) is 17.0 Å². The first-order valence-corrected chi connectivity index (χ1v) is 18.1. The van der Waals surface area contributed by atoms with Gasteiger partial charge in [0.15, 0.2) is 11.4 Å². The summed E-state index contributed by atoms with van der Waals surface area (Å²) in [7, 11) is 0. The Morgan fingerprint density at radius 1 is 0.793 bits per heavy atom. The van der Waals surface area contributed by atoms with Crippen molar-refractivity contribution in [2.45, 2.75) is 16.7 Å². The Morgan fingerprint density at radius 3 is 2.03 bits per heavy atom. The Kier molecular flexibility index (Phi) is 13.1. The molecule has 0 aliphatic heterocycles. The van der Waals surface area contributed by atoms with Gasteiger partial charge in [-0.3, -0.25) is 23.3 Å². The van der Waals surface area contributed by atoms with E-state index in [0.29, 0.717) is 16.9 Å². The summed E-state index contributed by atoms with van der Waals surface area (Å²) in [5, 5.41) is 66.3. The zero-order valence-corrected chi connectivity index (χ0v) is 30.9. The van der Waals surface area contributed by atoms with E-state index in [1.807, 2.05) is 0 Å². The molecule has 298 valence electrons. The summed E-state index contributed by atoms with van der Waals surface area (Å²) >= 11 is -6.24. The first-order chi connectivity index (χ1) is 27.5. The number of azo groups is 3. The molecule has 0 bridgehead atoms. The number of nitrogen functional groups attached to an aromatic ring is 1. The molecule has 0 spiro atoms. The van der Waals surface area contributed by atoms with Crippen LogP contribution in [0.5, 0.6) is 5.75 Å². The lowest BCUT2D eigenvalue weighted by Crippen LogP contribution is -2.20. The number of hydrogen-bond acceptors (Lipinski definition) is 18. The van der Waals surface area contributed by atoms with Crippen LogP contribution in [-0.2, 0) is 36.5 Å². The number of aryl methyl sites for hydroxylation is 1. The molecule has 5 aromatic carbocycles. The Labute approximate surface area is 329 Å². The van der Waals surface area contributed by atoms with Gasteiger partial charge in [-0.15, -0.1) is 15.3 Å². The van der Waals surface area contributed by atoms with Crippen LogP contribution in [0.3, 0.4) is 0 Å². The third kappa shape index (κ3) is 9.94. The number of amides is 1. The summed E-state index contributed by atoms with van der Waals surface area (Å²) < 4.78 is 54.0. The molecule has 5 aromatic rings. The van der Waals surface area contributed by atoms with Gasteiger partial charge < -0.3 is 40.2 Å². The number of hydrogen-bond donors (Lipinski definition) is 5. The molecule has 2 atom stereocenters. The maximum Gasteiger partial charge on any atom is 0.335 e. The molecule has 0 saturated heterocycles. The van der Waals surface area contributed by atoms with Crippen molar-refractivity contribution >= 4 is 102 Å². The van der Waals surface area contributed by atoms with E-state index in [1.165, 1.54) is 30.3 Å². The van der Waals surface area contributed by atoms with Crippen LogP contribution in [0.4, 0.5) is 51.2 Å².